The lowest BCUT2D eigenvalue weighted by Crippen LogP contribution is -2.36. The smallest absolute Gasteiger partial charge is 0.265 e. The minimum Gasteiger partial charge on any atom is -0.495 e. The molecule has 3 rings (SSSR count). The maximum absolute atomic E-state index is 12.9. The molecule has 1 heterocycles. The molecule has 2 aromatic rings. The summed E-state index contributed by atoms with van der Waals surface area (Å²) in [6.07, 6.45) is 0. The quantitative estimate of drug-likeness (QED) is 0.795. The van der Waals surface area contributed by atoms with Gasteiger partial charge in [-0.1, -0.05) is 28.1 Å². The molecule has 0 aliphatic carbocycles. The van der Waals surface area contributed by atoms with Crippen LogP contribution in [0.1, 0.15) is 0 Å². The summed E-state index contributed by atoms with van der Waals surface area (Å²) < 4.78 is 39.8. The van der Waals surface area contributed by atoms with Crippen LogP contribution in [0.2, 0.25) is 0 Å². The zero-order chi connectivity index (χ0) is 17.9. The standard InChI is InChI=1S/C17H19BrN2O4S/c1-23-16-4-2-3-5-17(16)25(21,22)19-14-12-13(18)6-7-15(14)20-8-10-24-11-9-20/h2-7,12,19H,8-11H2,1H3. The number of hydrogen-bond donors (Lipinski definition) is 1. The highest BCUT2D eigenvalue weighted by Crippen LogP contribution is 2.33. The second kappa shape index (κ2) is 7.63. The summed E-state index contributed by atoms with van der Waals surface area (Å²) in [5, 5.41) is 0. The number of methoxy groups -OCH3 is 1. The molecular formula is C17H19BrN2O4S. The fourth-order valence-corrected chi connectivity index (χ4v) is 4.31. The van der Waals surface area contributed by atoms with Crippen LogP contribution in [0.25, 0.3) is 0 Å². The van der Waals surface area contributed by atoms with Gasteiger partial charge in [0.05, 0.1) is 31.7 Å². The molecule has 134 valence electrons. The van der Waals surface area contributed by atoms with Crippen molar-refractivity contribution in [2.24, 2.45) is 0 Å². The van der Waals surface area contributed by atoms with E-state index >= 15 is 0 Å². The highest BCUT2D eigenvalue weighted by molar-refractivity contribution is 9.10. The maximum Gasteiger partial charge on any atom is 0.265 e. The minimum absolute atomic E-state index is 0.102. The molecule has 0 bridgehead atoms. The Balaban J connectivity index is 1.97. The number of nitrogens with zero attached hydrogens (tertiary/aromatic N) is 1. The van der Waals surface area contributed by atoms with Crippen LogP contribution < -0.4 is 14.4 Å². The van der Waals surface area contributed by atoms with Gasteiger partial charge in [0, 0.05) is 17.6 Å². The van der Waals surface area contributed by atoms with Crippen molar-refractivity contribution in [2.45, 2.75) is 4.90 Å². The number of halogens is 1. The summed E-state index contributed by atoms with van der Waals surface area (Å²) in [7, 11) is -2.34. The van der Waals surface area contributed by atoms with E-state index in [1.165, 1.54) is 13.2 Å². The first-order chi connectivity index (χ1) is 12.0. The molecule has 0 saturated carbocycles. The van der Waals surface area contributed by atoms with E-state index in [-0.39, 0.29) is 4.90 Å². The Bertz CT molecular complexity index is 851. The van der Waals surface area contributed by atoms with Crippen LogP contribution in [-0.4, -0.2) is 41.8 Å². The molecule has 1 aliphatic rings. The Morgan fingerprint density at radius 2 is 1.88 bits per heavy atom. The van der Waals surface area contributed by atoms with Crippen molar-refractivity contribution in [3.63, 3.8) is 0 Å². The van der Waals surface area contributed by atoms with E-state index in [9.17, 15) is 8.42 Å². The third-order valence-corrected chi connectivity index (χ3v) is 5.81. The SMILES string of the molecule is COc1ccccc1S(=O)(=O)Nc1cc(Br)ccc1N1CCOCC1. The third kappa shape index (κ3) is 4.08. The monoisotopic (exact) mass is 426 g/mol. The van der Waals surface area contributed by atoms with Gasteiger partial charge >= 0.3 is 0 Å². The molecule has 0 spiro atoms. The van der Waals surface area contributed by atoms with Crippen molar-refractivity contribution in [2.75, 3.05) is 43.0 Å². The third-order valence-electron chi connectivity index (χ3n) is 3.91. The lowest BCUT2D eigenvalue weighted by atomic mass is 10.2. The zero-order valence-corrected chi connectivity index (χ0v) is 16.1. The summed E-state index contributed by atoms with van der Waals surface area (Å²) in [5.41, 5.74) is 1.34. The molecule has 1 aliphatic heterocycles. The van der Waals surface area contributed by atoms with Crippen LogP contribution in [0, 0.1) is 0 Å². The highest BCUT2D eigenvalue weighted by Gasteiger charge is 2.22. The maximum atomic E-state index is 12.9. The van der Waals surface area contributed by atoms with Gasteiger partial charge in [-0.25, -0.2) is 8.42 Å². The van der Waals surface area contributed by atoms with Crippen LogP contribution in [-0.2, 0) is 14.8 Å². The van der Waals surface area contributed by atoms with Crippen LogP contribution in [0.3, 0.4) is 0 Å². The van der Waals surface area contributed by atoms with Gasteiger partial charge in [-0.15, -0.1) is 0 Å². The van der Waals surface area contributed by atoms with Gasteiger partial charge < -0.3 is 14.4 Å². The molecule has 8 heteroatoms. The highest BCUT2D eigenvalue weighted by atomic mass is 79.9. The lowest BCUT2D eigenvalue weighted by molar-refractivity contribution is 0.123. The Kier molecular flexibility index (Phi) is 5.51. The first kappa shape index (κ1) is 18.0. The van der Waals surface area contributed by atoms with Gasteiger partial charge in [0.1, 0.15) is 10.6 Å². The fraction of sp³-hybridized carbons (Fsp3) is 0.294. The number of benzene rings is 2. The summed E-state index contributed by atoms with van der Waals surface area (Å²) >= 11 is 3.41. The second-order valence-corrected chi connectivity index (χ2v) is 8.08. The largest absolute Gasteiger partial charge is 0.495 e. The number of hydrogen-bond acceptors (Lipinski definition) is 5. The summed E-state index contributed by atoms with van der Waals surface area (Å²) in [5.74, 6) is 0.304. The van der Waals surface area contributed by atoms with Crippen molar-refractivity contribution >= 4 is 37.3 Å². The normalized spacial score (nSPS) is 15.0. The van der Waals surface area contributed by atoms with Gasteiger partial charge in [-0.3, -0.25) is 4.72 Å². The van der Waals surface area contributed by atoms with E-state index < -0.39 is 10.0 Å². The van der Waals surface area contributed by atoms with Crippen molar-refractivity contribution in [1.29, 1.82) is 0 Å². The average molecular weight is 427 g/mol. The molecule has 2 aromatic carbocycles. The fourth-order valence-electron chi connectivity index (χ4n) is 2.71. The molecule has 6 nitrogen and oxygen atoms in total. The number of para-hydroxylation sites is 1. The number of ether oxygens (including phenoxy) is 2. The van der Waals surface area contributed by atoms with Crippen LogP contribution >= 0.6 is 15.9 Å². The molecule has 0 radical (unpaired) electrons. The van der Waals surface area contributed by atoms with E-state index in [4.69, 9.17) is 9.47 Å². The predicted octanol–water partition coefficient (Wildman–Crippen LogP) is 3.10. The second-order valence-electron chi connectivity index (χ2n) is 5.52. The molecule has 1 fully saturated rings. The molecule has 0 atom stereocenters. The van der Waals surface area contributed by atoms with Gasteiger partial charge in [-0.05, 0) is 30.3 Å². The number of rotatable bonds is 5. The molecule has 1 N–H and O–H groups in total. The number of morpholine rings is 1. The van der Waals surface area contributed by atoms with E-state index in [1.807, 2.05) is 12.1 Å². The topological polar surface area (TPSA) is 67.9 Å². The predicted molar refractivity (Wildman–Crippen MR) is 101 cm³/mol. The van der Waals surface area contributed by atoms with Crippen LogP contribution in [0.15, 0.2) is 51.8 Å². The average Bonchev–Trinajstić information content (AvgIpc) is 2.62. The first-order valence-electron chi connectivity index (χ1n) is 7.79. The minimum atomic E-state index is -3.79. The van der Waals surface area contributed by atoms with Crippen molar-refractivity contribution in [3.8, 4) is 5.75 Å². The van der Waals surface area contributed by atoms with Gasteiger partial charge in [0.2, 0.25) is 0 Å². The number of anilines is 2. The van der Waals surface area contributed by atoms with E-state index in [1.54, 1.807) is 24.3 Å². The molecule has 0 aromatic heterocycles. The summed E-state index contributed by atoms with van der Waals surface area (Å²) in [4.78, 5) is 2.21. The zero-order valence-electron chi connectivity index (χ0n) is 13.7. The molecule has 0 unspecified atom stereocenters. The van der Waals surface area contributed by atoms with Crippen LogP contribution in [0.4, 0.5) is 11.4 Å². The Labute approximate surface area is 155 Å². The summed E-state index contributed by atoms with van der Waals surface area (Å²) in [6.45, 7) is 2.67. The molecular weight excluding hydrogens is 408 g/mol. The lowest BCUT2D eigenvalue weighted by Gasteiger charge is -2.30. The van der Waals surface area contributed by atoms with Crippen molar-refractivity contribution in [1.82, 2.24) is 0 Å². The molecule has 1 saturated heterocycles. The first-order valence-corrected chi connectivity index (χ1v) is 10.1. The molecule has 0 amide bonds. The van der Waals surface area contributed by atoms with Gasteiger partial charge in [0.25, 0.3) is 10.0 Å². The van der Waals surface area contributed by atoms with Crippen molar-refractivity contribution in [3.05, 3.63) is 46.9 Å². The number of nitrogens with one attached hydrogen (secondary N) is 1. The Morgan fingerprint density at radius 3 is 2.60 bits per heavy atom. The number of sulfonamides is 1. The summed E-state index contributed by atoms with van der Waals surface area (Å²) in [6, 6.07) is 12.1. The molecule has 25 heavy (non-hydrogen) atoms. The van der Waals surface area contributed by atoms with E-state index in [2.05, 4.69) is 25.6 Å². The van der Waals surface area contributed by atoms with E-state index in [0.717, 1.165) is 10.2 Å². The van der Waals surface area contributed by atoms with Crippen molar-refractivity contribution < 1.29 is 17.9 Å². The van der Waals surface area contributed by atoms with Gasteiger partial charge in [0.15, 0.2) is 0 Å². The Morgan fingerprint density at radius 1 is 1.16 bits per heavy atom. The Hall–Kier alpha value is -1.77. The van der Waals surface area contributed by atoms with Crippen LogP contribution in [0.5, 0.6) is 5.75 Å². The van der Waals surface area contributed by atoms with E-state index in [0.29, 0.717) is 37.7 Å². The van der Waals surface area contributed by atoms with Gasteiger partial charge in [-0.2, -0.15) is 0 Å².